The lowest BCUT2D eigenvalue weighted by atomic mass is 10.0. The Morgan fingerprint density at radius 2 is 2.06 bits per heavy atom. The Bertz CT molecular complexity index is 221. The maximum absolute atomic E-state index is 11.8. The molecule has 1 fully saturated rings. The van der Waals surface area contributed by atoms with Gasteiger partial charge in [0.1, 0.15) is 6.61 Å². The van der Waals surface area contributed by atoms with E-state index in [-0.39, 0.29) is 6.61 Å². The summed E-state index contributed by atoms with van der Waals surface area (Å²) in [6.45, 7) is 2.32. The number of rotatable bonds is 8. The molecule has 0 bridgehead atoms. The van der Waals surface area contributed by atoms with Gasteiger partial charge in [0, 0.05) is 12.6 Å². The first-order valence-corrected chi connectivity index (χ1v) is 6.89. The second kappa shape index (κ2) is 8.00. The average molecular weight is 267 g/mol. The van der Waals surface area contributed by atoms with Gasteiger partial charge < -0.3 is 10.1 Å². The molecule has 2 unspecified atom stereocenters. The number of alkyl halides is 3. The van der Waals surface area contributed by atoms with Crippen molar-refractivity contribution in [2.75, 3.05) is 19.8 Å². The van der Waals surface area contributed by atoms with Crippen molar-refractivity contribution in [1.82, 2.24) is 5.32 Å². The van der Waals surface area contributed by atoms with Crippen LogP contribution >= 0.6 is 0 Å². The molecule has 0 aliphatic heterocycles. The van der Waals surface area contributed by atoms with Crippen molar-refractivity contribution >= 4 is 0 Å². The summed E-state index contributed by atoms with van der Waals surface area (Å²) in [5.41, 5.74) is 0. The van der Waals surface area contributed by atoms with Gasteiger partial charge in [-0.05, 0) is 51.0 Å². The van der Waals surface area contributed by atoms with E-state index in [9.17, 15) is 13.2 Å². The minimum atomic E-state index is -4.19. The molecule has 18 heavy (non-hydrogen) atoms. The summed E-state index contributed by atoms with van der Waals surface area (Å²) in [5.74, 6) is 0.661. The van der Waals surface area contributed by atoms with E-state index < -0.39 is 12.8 Å². The third-order valence-electron chi connectivity index (χ3n) is 3.39. The van der Waals surface area contributed by atoms with Crippen molar-refractivity contribution in [2.45, 2.75) is 57.7 Å². The molecule has 2 atom stereocenters. The van der Waals surface area contributed by atoms with Gasteiger partial charge in [0.25, 0.3) is 0 Å². The molecule has 1 saturated carbocycles. The monoisotopic (exact) mass is 267 g/mol. The second-order valence-electron chi connectivity index (χ2n) is 5.14. The van der Waals surface area contributed by atoms with Crippen LogP contribution in [0.5, 0.6) is 0 Å². The SMILES string of the molecule is CCCNC1CCC(CCCOCC(F)(F)F)C1. The summed E-state index contributed by atoms with van der Waals surface area (Å²) in [7, 11) is 0. The quantitative estimate of drug-likeness (QED) is 0.679. The fourth-order valence-electron chi connectivity index (χ4n) is 2.53. The van der Waals surface area contributed by atoms with E-state index in [1.165, 1.54) is 19.3 Å². The summed E-state index contributed by atoms with van der Waals surface area (Å²) < 4.78 is 40.1. The van der Waals surface area contributed by atoms with Gasteiger partial charge >= 0.3 is 6.18 Å². The van der Waals surface area contributed by atoms with Gasteiger partial charge in [-0.1, -0.05) is 6.92 Å². The Morgan fingerprint density at radius 3 is 2.72 bits per heavy atom. The van der Waals surface area contributed by atoms with Gasteiger partial charge in [-0.15, -0.1) is 0 Å². The summed E-state index contributed by atoms with van der Waals surface area (Å²) in [6.07, 6.45) is 2.24. The van der Waals surface area contributed by atoms with E-state index in [2.05, 4.69) is 17.0 Å². The van der Waals surface area contributed by atoms with Crippen molar-refractivity contribution < 1.29 is 17.9 Å². The highest BCUT2D eigenvalue weighted by molar-refractivity contribution is 4.80. The fourth-order valence-corrected chi connectivity index (χ4v) is 2.53. The topological polar surface area (TPSA) is 21.3 Å². The molecule has 108 valence electrons. The molecule has 0 aromatic carbocycles. The van der Waals surface area contributed by atoms with Gasteiger partial charge in [0.05, 0.1) is 0 Å². The minimum Gasteiger partial charge on any atom is -0.372 e. The normalized spacial score (nSPS) is 24.7. The van der Waals surface area contributed by atoms with Crippen LogP contribution in [0.3, 0.4) is 0 Å². The lowest BCUT2D eigenvalue weighted by Gasteiger charge is -2.13. The van der Waals surface area contributed by atoms with Crippen LogP contribution in [-0.4, -0.2) is 32.0 Å². The van der Waals surface area contributed by atoms with Crippen LogP contribution < -0.4 is 5.32 Å². The molecule has 0 spiro atoms. The Labute approximate surface area is 107 Å². The van der Waals surface area contributed by atoms with Crippen LogP contribution in [0.4, 0.5) is 13.2 Å². The van der Waals surface area contributed by atoms with Gasteiger partial charge in [-0.25, -0.2) is 0 Å². The maximum Gasteiger partial charge on any atom is 0.411 e. The van der Waals surface area contributed by atoms with Gasteiger partial charge in [-0.3, -0.25) is 0 Å². The first kappa shape index (κ1) is 15.8. The predicted octanol–water partition coefficient (Wildman–Crippen LogP) is 3.51. The highest BCUT2D eigenvalue weighted by Crippen LogP contribution is 2.29. The zero-order valence-corrected chi connectivity index (χ0v) is 11.1. The minimum absolute atomic E-state index is 0.225. The first-order chi connectivity index (χ1) is 8.51. The number of hydrogen-bond acceptors (Lipinski definition) is 2. The van der Waals surface area contributed by atoms with E-state index in [1.54, 1.807) is 0 Å². The summed E-state index contributed by atoms with van der Waals surface area (Å²) in [4.78, 5) is 0. The van der Waals surface area contributed by atoms with Crippen molar-refractivity contribution in [3.05, 3.63) is 0 Å². The Morgan fingerprint density at radius 1 is 1.28 bits per heavy atom. The van der Waals surface area contributed by atoms with E-state index in [1.807, 2.05) is 0 Å². The van der Waals surface area contributed by atoms with E-state index in [0.29, 0.717) is 12.0 Å². The molecule has 0 radical (unpaired) electrons. The molecule has 1 aliphatic carbocycles. The largest absolute Gasteiger partial charge is 0.411 e. The molecule has 1 rings (SSSR count). The van der Waals surface area contributed by atoms with Gasteiger partial charge in [0.15, 0.2) is 0 Å². The maximum atomic E-state index is 11.8. The predicted molar refractivity (Wildman–Crippen MR) is 65.5 cm³/mol. The number of nitrogens with one attached hydrogen (secondary N) is 1. The third-order valence-corrected chi connectivity index (χ3v) is 3.39. The van der Waals surface area contributed by atoms with E-state index >= 15 is 0 Å². The van der Waals surface area contributed by atoms with Crippen molar-refractivity contribution in [2.24, 2.45) is 5.92 Å². The van der Waals surface area contributed by atoms with E-state index in [0.717, 1.165) is 25.8 Å². The number of hydrogen-bond donors (Lipinski definition) is 1. The number of ether oxygens (including phenoxy) is 1. The van der Waals surface area contributed by atoms with Gasteiger partial charge in [0.2, 0.25) is 0 Å². The van der Waals surface area contributed by atoms with Crippen molar-refractivity contribution in [1.29, 1.82) is 0 Å². The molecule has 1 aliphatic rings. The lowest BCUT2D eigenvalue weighted by molar-refractivity contribution is -0.174. The van der Waals surface area contributed by atoms with Crippen LogP contribution in [0.1, 0.15) is 45.4 Å². The number of halogens is 3. The molecule has 2 nitrogen and oxygen atoms in total. The zero-order chi connectivity index (χ0) is 13.4. The third kappa shape index (κ3) is 7.21. The van der Waals surface area contributed by atoms with Crippen molar-refractivity contribution in [3.8, 4) is 0 Å². The van der Waals surface area contributed by atoms with Crippen LogP contribution in [-0.2, 0) is 4.74 Å². The molecular weight excluding hydrogens is 243 g/mol. The Balaban J connectivity index is 1.97. The summed E-state index contributed by atoms with van der Waals surface area (Å²) >= 11 is 0. The Kier molecular flexibility index (Phi) is 7.00. The molecular formula is C13H24F3NO. The van der Waals surface area contributed by atoms with Crippen LogP contribution in [0.25, 0.3) is 0 Å². The van der Waals surface area contributed by atoms with Crippen molar-refractivity contribution in [3.63, 3.8) is 0 Å². The molecule has 0 amide bonds. The van der Waals surface area contributed by atoms with Crippen LogP contribution in [0, 0.1) is 5.92 Å². The molecule has 0 saturated heterocycles. The van der Waals surface area contributed by atoms with Crippen LogP contribution in [0.15, 0.2) is 0 Å². The molecule has 0 heterocycles. The fraction of sp³-hybridized carbons (Fsp3) is 1.00. The standard InChI is InChI=1S/C13H24F3NO/c1-2-7-17-12-6-5-11(9-12)4-3-8-18-10-13(14,15)16/h11-12,17H,2-10H2,1H3. The second-order valence-corrected chi connectivity index (χ2v) is 5.14. The van der Waals surface area contributed by atoms with Gasteiger partial charge in [-0.2, -0.15) is 13.2 Å². The molecule has 0 aromatic heterocycles. The smallest absolute Gasteiger partial charge is 0.372 e. The summed E-state index contributed by atoms with van der Waals surface area (Å²) in [6, 6.07) is 0.617. The first-order valence-electron chi connectivity index (χ1n) is 6.89. The van der Waals surface area contributed by atoms with Crippen LogP contribution in [0.2, 0.25) is 0 Å². The highest BCUT2D eigenvalue weighted by Gasteiger charge is 2.27. The summed E-state index contributed by atoms with van der Waals surface area (Å²) in [5, 5.41) is 3.50. The molecule has 0 aromatic rings. The Hall–Kier alpha value is -0.290. The van der Waals surface area contributed by atoms with E-state index in [4.69, 9.17) is 0 Å². The molecule has 5 heteroatoms. The highest BCUT2D eigenvalue weighted by atomic mass is 19.4. The molecule has 1 N–H and O–H groups in total. The average Bonchev–Trinajstić information content (AvgIpc) is 2.72. The lowest BCUT2D eigenvalue weighted by Crippen LogP contribution is -2.27. The zero-order valence-electron chi connectivity index (χ0n) is 11.1.